The molecular formula is C20H29NO2. The fourth-order valence-electron chi connectivity index (χ4n) is 7.11. The molecule has 0 radical (unpaired) electrons. The Labute approximate surface area is 138 Å². The molecule has 2 N–H and O–H groups in total. The fraction of sp³-hybridized carbons (Fsp3) is 0.850. The molecule has 3 saturated carbocycles. The van der Waals surface area contributed by atoms with E-state index in [9.17, 15) is 9.90 Å². The summed E-state index contributed by atoms with van der Waals surface area (Å²) in [6.07, 6.45) is 11.0. The van der Waals surface area contributed by atoms with Crippen molar-refractivity contribution in [3.63, 3.8) is 0 Å². The van der Waals surface area contributed by atoms with Crippen molar-refractivity contribution in [1.82, 2.24) is 5.32 Å². The van der Waals surface area contributed by atoms with Crippen LogP contribution in [0.4, 0.5) is 0 Å². The first kappa shape index (κ1) is 14.7. The van der Waals surface area contributed by atoms with E-state index in [0.717, 1.165) is 31.3 Å². The molecule has 5 aliphatic rings. The number of allylic oxidation sites excluding steroid dienone is 1. The van der Waals surface area contributed by atoms with Gasteiger partial charge in [0.1, 0.15) is 0 Å². The van der Waals surface area contributed by atoms with Gasteiger partial charge in [0.15, 0.2) is 5.78 Å². The van der Waals surface area contributed by atoms with E-state index in [4.69, 9.17) is 0 Å². The summed E-state index contributed by atoms with van der Waals surface area (Å²) in [5, 5.41) is 15.4. The van der Waals surface area contributed by atoms with Crippen molar-refractivity contribution >= 4 is 5.78 Å². The SMILES string of the molecule is C[C@H]1CC[C@@H]2[C@@H](C[C@H]3C[C@]2(O)C2=CC(=O)[C@@H]4CCCC[C@H]4C23)N1. The van der Waals surface area contributed by atoms with E-state index in [-0.39, 0.29) is 5.92 Å². The molecule has 126 valence electrons. The van der Waals surface area contributed by atoms with Crippen molar-refractivity contribution < 1.29 is 9.90 Å². The smallest absolute Gasteiger partial charge is 0.159 e. The van der Waals surface area contributed by atoms with Gasteiger partial charge in [-0.15, -0.1) is 0 Å². The van der Waals surface area contributed by atoms with Crippen LogP contribution in [0, 0.1) is 29.6 Å². The highest BCUT2D eigenvalue weighted by Gasteiger charge is 2.62. The maximum absolute atomic E-state index is 12.7. The fourth-order valence-corrected chi connectivity index (χ4v) is 7.11. The number of carbonyl (C=O) groups excluding carboxylic acids is 1. The highest BCUT2D eigenvalue weighted by molar-refractivity contribution is 5.94. The Morgan fingerprint density at radius 3 is 2.91 bits per heavy atom. The zero-order valence-corrected chi connectivity index (χ0v) is 14.1. The minimum absolute atomic E-state index is 0.259. The molecule has 0 aromatic heterocycles. The number of rotatable bonds is 0. The van der Waals surface area contributed by atoms with Crippen LogP contribution in [0.1, 0.15) is 58.3 Å². The highest BCUT2D eigenvalue weighted by Crippen LogP contribution is 2.62. The van der Waals surface area contributed by atoms with Gasteiger partial charge < -0.3 is 10.4 Å². The number of hydrogen-bond donors (Lipinski definition) is 2. The molecule has 0 aromatic rings. The Hall–Kier alpha value is -0.670. The maximum Gasteiger partial charge on any atom is 0.159 e. The van der Waals surface area contributed by atoms with Crippen molar-refractivity contribution in [2.24, 2.45) is 29.6 Å². The molecule has 3 heteroatoms. The van der Waals surface area contributed by atoms with E-state index < -0.39 is 5.60 Å². The van der Waals surface area contributed by atoms with Gasteiger partial charge in [-0.05, 0) is 74.9 Å². The standard InChI is InChI=1S/C20H29NO2/c1-11-6-7-15-17(21-11)8-12-10-20(15,23)16-9-18(22)13-4-2-3-5-14(13)19(12)16/h9,11-15,17,19,21,23H,2-8,10H2,1H3/t11-,12-,13+,14+,15+,17+,19?,20+/m0/s1. The predicted molar refractivity (Wildman–Crippen MR) is 88.8 cm³/mol. The third-order valence-corrected chi connectivity index (χ3v) is 7.95. The number of piperidine rings is 1. The van der Waals surface area contributed by atoms with Gasteiger partial charge in [0, 0.05) is 23.9 Å². The van der Waals surface area contributed by atoms with Gasteiger partial charge in [-0.3, -0.25) is 4.79 Å². The molecule has 1 saturated heterocycles. The van der Waals surface area contributed by atoms with Gasteiger partial charge in [0.25, 0.3) is 0 Å². The van der Waals surface area contributed by atoms with Gasteiger partial charge in [0.05, 0.1) is 5.60 Å². The second-order valence-electron chi connectivity index (χ2n) is 9.06. The van der Waals surface area contributed by atoms with E-state index in [2.05, 4.69) is 12.2 Å². The monoisotopic (exact) mass is 315 g/mol. The third-order valence-electron chi connectivity index (χ3n) is 7.95. The van der Waals surface area contributed by atoms with Crippen LogP contribution >= 0.6 is 0 Å². The molecule has 0 spiro atoms. The van der Waals surface area contributed by atoms with Crippen LogP contribution in [0.5, 0.6) is 0 Å². The number of ketones is 1. The Kier molecular flexibility index (Phi) is 3.13. The molecule has 2 bridgehead atoms. The highest BCUT2D eigenvalue weighted by atomic mass is 16.3. The molecule has 23 heavy (non-hydrogen) atoms. The summed E-state index contributed by atoms with van der Waals surface area (Å²) < 4.78 is 0. The minimum atomic E-state index is -0.691. The van der Waals surface area contributed by atoms with Gasteiger partial charge in [0.2, 0.25) is 0 Å². The predicted octanol–water partition coefficient (Wildman–Crippen LogP) is 2.83. The lowest BCUT2D eigenvalue weighted by atomic mass is 9.63. The largest absolute Gasteiger partial charge is 0.385 e. The third kappa shape index (κ3) is 1.93. The lowest BCUT2D eigenvalue weighted by Crippen LogP contribution is -2.57. The van der Waals surface area contributed by atoms with E-state index in [1.807, 2.05) is 6.08 Å². The van der Waals surface area contributed by atoms with Crippen molar-refractivity contribution in [3.8, 4) is 0 Å². The van der Waals surface area contributed by atoms with Gasteiger partial charge >= 0.3 is 0 Å². The number of aliphatic hydroxyl groups is 1. The molecule has 0 amide bonds. The molecule has 1 heterocycles. The second kappa shape index (κ2) is 4.92. The average Bonchev–Trinajstić information content (AvgIpc) is 2.76. The van der Waals surface area contributed by atoms with Crippen molar-refractivity contribution in [1.29, 1.82) is 0 Å². The normalized spacial score (nSPS) is 54.8. The van der Waals surface area contributed by atoms with E-state index in [1.165, 1.54) is 25.7 Å². The van der Waals surface area contributed by atoms with Crippen LogP contribution in [0.25, 0.3) is 0 Å². The summed E-state index contributed by atoms with van der Waals surface area (Å²) in [6, 6.07) is 1.02. The quantitative estimate of drug-likeness (QED) is 0.723. The Morgan fingerprint density at radius 2 is 2.04 bits per heavy atom. The van der Waals surface area contributed by atoms with Gasteiger partial charge in [-0.25, -0.2) is 0 Å². The molecule has 4 fully saturated rings. The van der Waals surface area contributed by atoms with Crippen LogP contribution in [0.3, 0.4) is 0 Å². The Bertz CT molecular complexity index is 570. The molecular weight excluding hydrogens is 286 g/mol. The Morgan fingerprint density at radius 1 is 1.22 bits per heavy atom. The van der Waals surface area contributed by atoms with Crippen LogP contribution in [-0.4, -0.2) is 28.6 Å². The number of fused-ring (bicyclic) bond motifs is 9. The summed E-state index contributed by atoms with van der Waals surface area (Å²) in [5.41, 5.74) is 0.461. The molecule has 5 rings (SSSR count). The van der Waals surface area contributed by atoms with Crippen molar-refractivity contribution in [2.75, 3.05) is 0 Å². The molecule has 8 atom stereocenters. The first-order valence-electron chi connectivity index (χ1n) is 9.82. The second-order valence-corrected chi connectivity index (χ2v) is 9.06. The first-order chi connectivity index (χ1) is 11.1. The van der Waals surface area contributed by atoms with Crippen LogP contribution in [0.15, 0.2) is 11.6 Å². The zero-order valence-electron chi connectivity index (χ0n) is 14.1. The van der Waals surface area contributed by atoms with Crippen LogP contribution in [0.2, 0.25) is 0 Å². The summed E-state index contributed by atoms with van der Waals surface area (Å²) in [4.78, 5) is 12.7. The molecule has 1 aliphatic heterocycles. The minimum Gasteiger partial charge on any atom is -0.385 e. The summed E-state index contributed by atoms with van der Waals surface area (Å²) in [7, 11) is 0. The van der Waals surface area contributed by atoms with Crippen LogP contribution < -0.4 is 5.32 Å². The number of carbonyl (C=O) groups is 1. The summed E-state index contributed by atoms with van der Waals surface area (Å²) in [6.45, 7) is 2.27. The average molecular weight is 315 g/mol. The van der Waals surface area contributed by atoms with Gasteiger partial charge in [-0.2, -0.15) is 0 Å². The molecule has 1 unspecified atom stereocenters. The molecule has 3 nitrogen and oxygen atoms in total. The maximum atomic E-state index is 12.7. The summed E-state index contributed by atoms with van der Waals surface area (Å²) in [5.74, 6) is 2.51. The van der Waals surface area contributed by atoms with Crippen molar-refractivity contribution in [2.45, 2.75) is 76.0 Å². The Balaban J connectivity index is 1.57. The van der Waals surface area contributed by atoms with Crippen LogP contribution in [-0.2, 0) is 4.79 Å². The number of hydrogen-bond acceptors (Lipinski definition) is 3. The molecule has 0 aromatic carbocycles. The lowest BCUT2D eigenvalue weighted by molar-refractivity contribution is -0.122. The van der Waals surface area contributed by atoms with E-state index in [0.29, 0.717) is 41.5 Å². The first-order valence-corrected chi connectivity index (χ1v) is 9.82. The number of nitrogens with one attached hydrogen (secondary N) is 1. The van der Waals surface area contributed by atoms with E-state index in [1.54, 1.807) is 0 Å². The van der Waals surface area contributed by atoms with Crippen molar-refractivity contribution in [3.05, 3.63) is 11.6 Å². The molecule has 4 aliphatic carbocycles. The summed E-state index contributed by atoms with van der Waals surface area (Å²) >= 11 is 0. The topological polar surface area (TPSA) is 49.3 Å². The van der Waals surface area contributed by atoms with Gasteiger partial charge in [-0.1, -0.05) is 12.8 Å². The lowest BCUT2D eigenvalue weighted by Gasteiger charge is -2.47. The van der Waals surface area contributed by atoms with E-state index >= 15 is 0 Å². The zero-order chi connectivity index (χ0) is 15.8.